The fourth-order valence-corrected chi connectivity index (χ4v) is 4.87. The molecule has 186 valence electrons. The number of carbonyl (C=O) groups excluding carboxylic acids is 3. The molecule has 2 aromatic carbocycles. The van der Waals surface area contributed by atoms with Gasteiger partial charge in [-0.05, 0) is 43.2 Å². The van der Waals surface area contributed by atoms with Crippen LogP contribution in [0.15, 0.2) is 63.3 Å². The van der Waals surface area contributed by atoms with Crippen molar-refractivity contribution in [2.45, 2.75) is 35.5 Å². The highest BCUT2D eigenvalue weighted by Crippen LogP contribution is 2.31. The standard InChI is InChI=1S/C23H26N4O7S/c1-33-22(29)26-21(27-23(30)34-2)25-19-14-17(35(31,32)16-10-4-3-5-11-16)12-13-18(19)24-20(28)15-8-6-7-9-15/h3-5,10-15H,6-9H2,1-2H3,(H,24,28)(H2,25,26,27,29,30). The van der Waals surface area contributed by atoms with Crippen LogP contribution in [0, 0.1) is 5.92 Å². The molecule has 0 heterocycles. The van der Waals surface area contributed by atoms with Crippen molar-refractivity contribution in [2.24, 2.45) is 10.9 Å². The molecule has 35 heavy (non-hydrogen) atoms. The largest absolute Gasteiger partial charge is 0.453 e. The van der Waals surface area contributed by atoms with Crippen LogP contribution in [-0.4, -0.2) is 46.7 Å². The Hall–Kier alpha value is -3.93. The summed E-state index contributed by atoms with van der Waals surface area (Å²) in [5.41, 5.74) is 0.311. The van der Waals surface area contributed by atoms with Crippen LogP contribution in [0.5, 0.6) is 0 Å². The van der Waals surface area contributed by atoms with Crippen LogP contribution < -0.4 is 16.0 Å². The number of alkyl carbamates (subject to hydrolysis) is 1. The molecule has 1 aliphatic carbocycles. The Kier molecular flexibility index (Phi) is 8.42. The molecule has 1 aliphatic rings. The van der Waals surface area contributed by atoms with E-state index in [1.54, 1.807) is 18.2 Å². The Labute approximate surface area is 202 Å². The Bertz CT molecular complexity index is 1220. The summed E-state index contributed by atoms with van der Waals surface area (Å²) >= 11 is 0. The third-order valence-corrected chi connectivity index (χ3v) is 7.14. The zero-order valence-corrected chi connectivity index (χ0v) is 20.1. The van der Waals surface area contributed by atoms with Crippen molar-refractivity contribution < 1.29 is 32.3 Å². The molecule has 0 atom stereocenters. The molecular formula is C23H26N4O7S. The molecule has 0 radical (unpaired) electrons. The third-order valence-electron chi connectivity index (χ3n) is 5.38. The summed E-state index contributed by atoms with van der Waals surface area (Å²) in [5.74, 6) is -0.766. The summed E-state index contributed by atoms with van der Waals surface area (Å²) in [6, 6.07) is 11.9. The van der Waals surface area contributed by atoms with Crippen molar-refractivity contribution in [1.29, 1.82) is 0 Å². The molecule has 1 fully saturated rings. The number of hydrogen-bond acceptors (Lipinski definition) is 7. The van der Waals surface area contributed by atoms with Gasteiger partial charge in [-0.15, -0.1) is 4.99 Å². The molecule has 0 bridgehead atoms. The minimum atomic E-state index is -3.91. The van der Waals surface area contributed by atoms with Crippen molar-refractivity contribution in [3.63, 3.8) is 0 Å². The van der Waals surface area contributed by atoms with Crippen LogP contribution in [0.2, 0.25) is 0 Å². The van der Waals surface area contributed by atoms with E-state index in [4.69, 9.17) is 0 Å². The predicted octanol–water partition coefficient (Wildman–Crippen LogP) is 3.54. The Balaban J connectivity index is 2.03. The highest BCUT2D eigenvalue weighted by molar-refractivity contribution is 7.91. The monoisotopic (exact) mass is 502 g/mol. The maximum absolute atomic E-state index is 13.2. The van der Waals surface area contributed by atoms with E-state index in [0.717, 1.165) is 39.9 Å². The number of aliphatic imine (C=N–C) groups is 1. The van der Waals surface area contributed by atoms with E-state index >= 15 is 0 Å². The van der Waals surface area contributed by atoms with Crippen molar-refractivity contribution in [3.8, 4) is 0 Å². The Morgan fingerprint density at radius 3 is 2.20 bits per heavy atom. The third kappa shape index (κ3) is 6.57. The molecule has 0 aromatic heterocycles. The van der Waals surface area contributed by atoms with Gasteiger partial charge in [0.15, 0.2) is 0 Å². The lowest BCUT2D eigenvalue weighted by Crippen LogP contribution is -2.37. The number of carbonyl (C=O) groups is 3. The second-order valence-electron chi connectivity index (χ2n) is 7.67. The zero-order valence-electron chi connectivity index (χ0n) is 19.2. The molecule has 0 unspecified atom stereocenters. The average Bonchev–Trinajstić information content (AvgIpc) is 3.40. The van der Waals surface area contributed by atoms with Crippen molar-refractivity contribution in [2.75, 3.05) is 24.9 Å². The van der Waals surface area contributed by atoms with E-state index in [1.807, 2.05) is 0 Å². The maximum Gasteiger partial charge on any atom is 0.436 e. The van der Waals surface area contributed by atoms with E-state index in [0.29, 0.717) is 0 Å². The van der Waals surface area contributed by atoms with E-state index in [9.17, 15) is 22.8 Å². The smallest absolute Gasteiger partial charge is 0.436 e. The number of ether oxygens (including phenoxy) is 2. The van der Waals surface area contributed by atoms with E-state index in [2.05, 4.69) is 30.4 Å². The topological polar surface area (TPSA) is 152 Å². The lowest BCUT2D eigenvalue weighted by atomic mass is 10.1. The van der Waals surface area contributed by atoms with Gasteiger partial charge in [0.1, 0.15) is 0 Å². The lowest BCUT2D eigenvalue weighted by molar-refractivity contribution is -0.119. The Morgan fingerprint density at radius 1 is 0.886 bits per heavy atom. The number of anilines is 2. The van der Waals surface area contributed by atoms with Gasteiger partial charge in [-0.3, -0.25) is 10.1 Å². The second-order valence-corrected chi connectivity index (χ2v) is 9.62. The molecule has 12 heteroatoms. The first-order chi connectivity index (χ1) is 16.7. The molecule has 0 aliphatic heterocycles. The van der Waals surface area contributed by atoms with Gasteiger partial charge in [-0.25, -0.2) is 18.0 Å². The highest BCUT2D eigenvalue weighted by atomic mass is 32.2. The fourth-order valence-electron chi connectivity index (χ4n) is 3.56. The first kappa shape index (κ1) is 25.7. The van der Waals surface area contributed by atoms with Gasteiger partial charge in [0, 0.05) is 5.92 Å². The van der Waals surface area contributed by atoms with Gasteiger partial charge in [0.2, 0.25) is 21.7 Å². The fraction of sp³-hybridized carbons (Fsp3) is 0.304. The van der Waals surface area contributed by atoms with Crippen LogP contribution in [0.4, 0.5) is 21.0 Å². The minimum absolute atomic E-state index is 0.0739. The van der Waals surface area contributed by atoms with Crippen LogP contribution >= 0.6 is 0 Å². The first-order valence-corrected chi connectivity index (χ1v) is 12.3. The van der Waals surface area contributed by atoms with Gasteiger partial charge < -0.3 is 20.1 Å². The first-order valence-electron chi connectivity index (χ1n) is 10.8. The average molecular weight is 503 g/mol. The van der Waals surface area contributed by atoms with E-state index in [1.165, 1.54) is 30.3 Å². The summed E-state index contributed by atoms with van der Waals surface area (Å²) in [6.07, 6.45) is 1.45. The number of rotatable bonds is 5. The predicted molar refractivity (Wildman–Crippen MR) is 128 cm³/mol. The number of nitrogens with zero attached hydrogens (tertiary/aromatic N) is 1. The Morgan fingerprint density at radius 2 is 1.57 bits per heavy atom. The summed E-state index contributed by atoms with van der Waals surface area (Å²) in [5, 5.41) is 7.72. The number of benzene rings is 2. The van der Waals surface area contributed by atoms with E-state index in [-0.39, 0.29) is 33.0 Å². The molecule has 0 spiro atoms. The summed E-state index contributed by atoms with van der Waals surface area (Å²) < 4.78 is 35.4. The molecule has 11 nitrogen and oxygen atoms in total. The van der Waals surface area contributed by atoms with Gasteiger partial charge >= 0.3 is 12.2 Å². The van der Waals surface area contributed by atoms with Gasteiger partial charge in [-0.1, -0.05) is 31.0 Å². The van der Waals surface area contributed by atoms with Crippen molar-refractivity contribution in [3.05, 3.63) is 48.5 Å². The number of sulfone groups is 1. The SMILES string of the molecule is COC(=O)N=C(NC(=O)OC)Nc1cc(S(=O)(=O)c2ccccc2)ccc1NC(=O)C1CCCC1. The quantitative estimate of drug-likeness (QED) is 0.415. The molecule has 2 aromatic rings. The molecule has 0 saturated heterocycles. The summed E-state index contributed by atoms with van der Waals surface area (Å²) in [4.78, 5) is 39.8. The van der Waals surface area contributed by atoms with Crippen molar-refractivity contribution in [1.82, 2.24) is 5.32 Å². The zero-order chi connectivity index (χ0) is 25.4. The van der Waals surface area contributed by atoms with E-state index < -0.39 is 28.0 Å². The van der Waals surface area contributed by atoms with Crippen LogP contribution in [0.1, 0.15) is 25.7 Å². The molecule has 3 amide bonds. The van der Waals surface area contributed by atoms with Crippen molar-refractivity contribution >= 4 is 45.3 Å². The summed E-state index contributed by atoms with van der Waals surface area (Å²) in [7, 11) is -1.69. The van der Waals surface area contributed by atoms with Crippen LogP contribution in [0.25, 0.3) is 0 Å². The number of nitrogens with one attached hydrogen (secondary N) is 3. The summed E-state index contributed by atoms with van der Waals surface area (Å²) in [6.45, 7) is 0. The molecular weight excluding hydrogens is 476 g/mol. The molecule has 3 rings (SSSR count). The van der Waals surface area contributed by atoms with Gasteiger partial charge in [-0.2, -0.15) is 0 Å². The van der Waals surface area contributed by atoms with Gasteiger partial charge in [0.25, 0.3) is 0 Å². The van der Waals surface area contributed by atoms with Gasteiger partial charge in [0.05, 0.1) is 35.4 Å². The minimum Gasteiger partial charge on any atom is -0.453 e. The highest BCUT2D eigenvalue weighted by Gasteiger charge is 2.25. The lowest BCUT2D eigenvalue weighted by Gasteiger charge is -2.18. The normalized spacial score (nSPS) is 14.2. The molecule has 1 saturated carbocycles. The maximum atomic E-state index is 13.2. The number of hydrogen-bond donors (Lipinski definition) is 3. The number of amides is 3. The van der Waals surface area contributed by atoms with Crippen LogP contribution in [-0.2, 0) is 24.1 Å². The van der Waals surface area contributed by atoms with Crippen LogP contribution in [0.3, 0.4) is 0 Å². The number of methoxy groups -OCH3 is 2. The second kappa shape index (κ2) is 11.5. The molecule has 3 N–H and O–H groups in total. The number of guanidine groups is 1.